The predicted molar refractivity (Wildman–Crippen MR) is 57.0 cm³/mol. The molecule has 0 amide bonds. The van der Waals surface area contributed by atoms with Gasteiger partial charge in [-0.3, -0.25) is 5.10 Å². The molecule has 3 nitrogen and oxygen atoms in total. The van der Waals surface area contributed by atoms with Crippen molar-refractivity contribution in [2.45, 2.75) is 13.5 Å². The third-order valence-corrected chi connectivity index (χ3v) is 2.36. The predicted octanol–water partition coefficient (Wildman–Crippen LogP) is 2.61. The van der Waals surface area contributed by atoms with Gasteiger partial charge in [0.15, 0.2) is 11.6 Å². The van der Waals surface area contributed by atoms with Crippen molar-refractivity contribution >= 4 is 5.69 Å². The molecule has 0 unspecified atom stereocenters. The molecule has 0 atom stereocenters. The normalized spacial score (nSPS) is 10.4. The van der Waals surface area contributed by atoms with Crippen LogP contribution >= 0.6 is 0 Å². The van der Waals surface area contributed by atoms with Crippen LogP contribution in [0.2, 0.25) is 0 Å². The van der Waals surface area contributed by atoms with Gasteiger partial charge in [-0.2, -0.15) is 5.10 Å². The fourth-order valence-corrected chi connectivity index (χ4v) is 1.38. The summed E-state index contributed by atoms with van der Waals surface area (Å²) in [6.07, 6.45) is 1.65. The number of H-pyrrole nitrogens is 1. The molecule has 1 heterocycles. The zero-order chi connectivity index (χ0) is 11.5. The van der Waals surface area contributed by atoms with E-state index in [1.54, 1.807) is 6.20 Å². The lowest BCUT2D eigenvalue weighted by Crippen LogP contribution is -2.02. The van der Waals surface area contributed by atoms with E-state index in [1.807, 2.05) is 6.92 Å². The van der Waals surface area contributed by atoms with Crippen LogP contribution in [-0.4, -0.2) is 10.2 Å². The standard InChI is InChI=1S/C11H11F2N3/c1-7-8(6-15-16-7)5-14-10-4-2-3-9(12)11(10)13/h2-4,6,14H,5H2,1H3,(H,15,16). The fourth-order valence-electron chi connectivity index (χ4n) is 1.38. The Hall–Kier alpha value is -1.91. The van der Waals surface area contributed by atoms with E-state index >= 15 is 0 Å². The van der Waals surface area contributed by atoms with Crippen LogP contribution < -0.4 is 5.32 Å². The number of nitrogens with zero attached hydrogens (tertiary/aromatic N) is 1. The van der Waals surface area contributed by atoms with Gasteiger partial charge in [-0.1, -0.05) is 6.07 Å². The first-order valence-electron chi connectivity index (χ1n) is 4.85. The number of rotatable bonds is 3. The largest absolute Gasteiger partial charge is 0.378 e. The van der Waals surface area contributed by atoms with Crippen molar-refractivity contribution in [1.29, 1.82) is 0 Å². The first-order chi connectivity index (χ1) is 7.68. The molecular formula is C11H11F2N3. The Morgan fingerprint density at radius 2 is 2.19 bits per heavy atom. The van der Waals surface area contributed by atoms with Crippen LogP contribution in [0.15, 0.2) is 24.4 Å². The van der Waals surface area contributed by atoms with Crippen LogP contribution in [0.4, 0.5) is 14.5 Å². The van der Waals surface area contributed by atoms with Crippen molar-refractivity contribution in [3.05, 3.63) is 47.3 Å². The van der Waals surface area contributed by atoms with Gasteiger partial charge in [0, 0.05) is 17.8 Å². The molecule has 84 valence electrons. The second-order valence-corrected chi connectivity index (χ2v) is 3.48. The van der Waals surface area contributed by atoms with Gasteiger partial charge >= 0.3 is 0 Å². The second kappa shape index (κ2) is 4.30. The minimum Gasteiger partial charge on any atom is -0.378 e. The van der Waals surface area contributed by atoms with Crippen LogP contribution in [0.1, 0.15) is 11.3 Å². The molecule has 2 aromatic rings. The number of aromatic nitrogens is 2. The van der Waals surface area contributed by atoms with Gasteiger partial charge in [0.25, 0.3) is 0 Å². The number of anilines is 1. The first-order valence-corrected chi connectivity index (χ1v) is 4.85. The maximum absolute atomic E-state index is 13.3. The Morgan fingerprint density at radius 3 is 2.88 bits per heavy atom. The van der Waals surface area contributed by atoms with E-state index in [4.69, 9.17) is 0 Å². The van der Waals surface area contributed by atoms with E-state index in [0.717, 1.165) is 17.3 Å². The molecule has 1 aromatic carbocycles. The maximum Gasteiger partial charge on any atom is 0.181 e. The Kier molecular flexibility index (Phi) is 2.85. The topological polar surface area (TPSA) is 40.7 Å². The summed E-state index contributed by atoms with van der Waals surface area (Å²) < 4.78 is 26.2. The fraction of sp³-hybridized carbons (Fsp3) is 0.182. The van der Waals surface area contributed by atoms with E-state index in [2.05, 4.69) is 15.5 Å². The monoisotopic (exact) mass is 223 g/mol. The third kappa shape index (κ3) is 2.03. The Morgan fingerprint density at radius 1 is 1.38 bits per heavy atom. The summed E-state index contributed by atoms with van der Waals surface area (Å²) in [4.78, 5) is 0. The lowest BCUT2D eigenvalue weighted by molar-refractivity contribution is 0.511. The van der Waals surface area contributed by atoms with Crippen LogP contribution in [0.3, 0.4) is 0 Å². The Labute approximate surface area is 91.5 Å². The van der Waals surface area contributed by atoms with Gasteiger partial charge in [0.05, 0.1) is 11.9 Å². The molecule has 1 aromatic heterocycles. The van der Waals surface area contributed by atoms with Crippen molar-refractivity contribution in [3.8, 4) is 0 Å². The number of benzene rings is 1. The second-order valence-electron chi connectivity index (χ2n) is 3.48. The number of halogens is 2. The van der Waals surface area contributed by atoms with Crippen molar-refractivity contribution < 1.29 is 8.78 Å². The quantitative estimate of drug-likeness (QED) is 0.839. The zero-order valence-corrected chi connectivity index (χ0v) is 8.72. The van der Waals surface area contributed by atoms with Gasteiger partial charge in [0.2, 0.25) is 0 Å². The molecule has 0 fully saturated rings. The van der Waals surface area contributed by atoms with E-state index < -0.39 is 11.6 Å². The summed E-state index contributed by atoms with van der Waals surface area (Å²) in [5.41, 5.74) is 1.98. The molecule has 0 aliphatic rings. The summed E-state index contributed by atoms with van der Waals surface area (Å²) in [5.74, 6) is -1.71. The highest BCUT2D eigenvalue weighted by atomic mass is 19.2. The highest BCUT2D eigenvalue weighted by Crippen LogP contribution is 2.17. The number of hydrogen-bond donors (Lipinski definition) is 2. The van der Waals surface area contributed by atoms with E-state index in [1.165, 1.54) is 12.1 Å². The highest BCUT2D eigenvalue weighted by molar-refractivity contribution is 5.45. The molecule has 2 N–H and O–H groups in total. The number of aromatic amines is 1. The van der Waals surface area contributed by atoms with Crippen LogP contribution in [0.25, 0.3) is 0 Å². The van der Waals surface area contributed by atoms with Crippen molar-refractivity contribution in [3.63, 3.8) is 0 Å². The zero-order valence-electron chi connectivity index (χ0n) is 8.72. The van der Waals surface area contributed by atoms with Crippen LogP contribution in [0.5, 0.6) is 0 Å². The van der Waals surface area contributed by atoms with Crippen molar-refractivity contribution in [1.82, 2.24) is 10.2 Å². The van der Waals surface area contributed by atoms with E-state index in [-0.39, 0.29) is 5.69 Å². The molecule has 0 spiro atoms. The minimum absolute atomic E-state index is 0.153. The van der Waals surface area contributed by atoms with Crippen molar-refractivity contribution in [2.75, 3.05) is 5.32 Å². The molecule has 2 rings (SSSR count). The molecule has 0 radical (unpaired) electrons. The first kappa shape index (κ1) is 10.6. The average Bonchev–Trinajstić information content (AvgIpc) is 2.67. The summed E-state index contributed by atoms with van der Waals surface area (Å²) >= 11 is 0. The molecule has 0 saturated carbocycles. The third-order valence-electron chi connectivity index (χ3n) is 2.36. The number of hydrogen-bond acceptors (Lipinski definition) is 2. The number of aryl methyl sites for hydroxylation is 1. The van der Waals surface area contributed by atoms with Gasteiger partial charge < -0.3 is 5.32 Å². The Bertz CT molecular complexity index is 494. The maximum atomic E-state index is 13.3. The van der Waals surface area contributed by atoms with Gasteiger partial charge in [0.1, 0.15) is 0 Å². The van der Waals surface area contributed by atoms with Crippen LogP contribution in [-0.2, 0) is 6.54 Å². The highest BCUT2D eigenvalue weighted by Gasteiger charge is 2.07. The van der Waals surface area contributed by atoms with Gasteiger partial charge in [-0.05, 0) is 19.1 Å². The van der Waals surface area contributed by atoms with Gasteiger partial charge in [-0.15, -0.1) is 0 Å². The van der Waals surface area contributed by atoms with Crippen LogP contribution in [0, 0.1) is 18.6 Å². The Balaban J connectivity index is 2.11. The van der Waals surface area contributed by atoms with E-state index in [9.17, 15) is 8.78 Å². The van der Waals surface area contributed by atoms with Crippen molar-refractivity contribution in [2.24, 2.45) is 0 Å². The lowest BCUT2D eigenvalue weighted by atomic mass is 10.2. The SMILES string of the molecule is Cc1[nH]ncc1CNc1cccc(F)c1F. The number of nitrogens with one attached hydrogen (secondary N) is 2. The molecule has 0 aliphatic heterocycles. The molecular weight excluding hydrogens is 212 g/mol. The molecule has 5 heteroatoms. The summed E-state index contributed by atoms with van der Waals surface area (Å²) in [7, 11) is 0. The minimum atomic E-state index is -0.858. The van der Waals surface area contributed by atoms with Gasteiger partial charge in [-0.25, -0.2) is 8.78 Å². The van der Waals surface area contributed by atoms with E-state index in [0.29, 0.717) is 6.54 Å². The molecule has 0 bridgehead atoms. The molecule has 0 saturated heterocycles. The smallest absolute Gasteiger partial charge is 0.181 e. The summed E-state index contributed by atoms with van der Waals surface area (Å²) in [6, 6.07) is 4.04. The summed E-state index contributed by atoms with van der Waals surface area (Å²) in [5, 5.41) is 9.44. The average molecular weight is 223 g/mol. The summed E-state index contributed by atoms with van der Waals surface area (Å²) in [6.45, 7) is 2.27. The molecule has 16 heavy (non-hydrogen) atoms. The molecule has 0 aliphatic carbocycles. The lowest BCUT2D eigenvalue weighted by Gasteiger charge is -2.06.